The first-order valence-corrected chi connectivity index (χ1v) is 10.6. The minimum absolute atomic E-state index is 0.421. The van der Waals surface area contributed by atoms with Crippen LogP contribution in [0.3, 0.4) is 0 Å². The molecular formula is C24H30ClNO2. The normalized spacial score (nSPS) is 17.9. The fourth-order valence-electron chi connectivity index (χ4n) is 3.28. The van der Waals surface area contributed by atoms with Crippen molar-refractivity contribution in [3.63, 3.8) is 0 Å². The first-order valence-electron chi connectivity index (χ1n) is 10.2. The van der Waals surface area contributed by atoms with Crippen molar-refractivity contribution in [2.24, 2.45) is 16.8 Å². The lowest BCUT2D eigenvalue weighted by atomic mass is 9.90. The number of aliphatic imine (C=N–C) groups is 1. The summed E-state index contributed by atoms with van der Waals surface area (Å²) in [6.45, 7) is 8.64. The summed E-state index contributed by atoms with van der Waals surface area (Å²) >= 11 is 6.54. The van der Waals surface area contributed by atoms with Crippen LogP contribution in [0.25, 0.3) is 0 Å². The van der Waals surface area contributed by atoms with Crippen LogP contribution in [0, 0.1) is 11.8 Å². The number of ether oxygens (including phenoxy) is 2. The van der Waals surface area contributed by atoms with Gasteiger partial charge in [0.1, 0.15) is 11.5 Å². The first kappa shape index (κ1) is 20.7. The molecule has 150 valence electrons. The maximum Gasteiger partial charge on any atom is 0.141 e. The quantitative estimate of drug-likeness (QED) is 0.493. The monoisotopic (exact) mass is 399 g/mol. The van der Waals surface area contributed by atoms with Crippen LogP contribution in [0.15, 0.2) is 47.5 Å². The van der Waals surface area contributed by atoms with Gasteiger partial charge >= 0.3 is 0 Å². The molecular weight excluding hydrogens is 370 g/mol. The summed E-state index contributed by atoms with van der Waals surface area (Å²) in [5.41, 5.74) is 3.26. The van der Waals surface area contributed by atoms with E-state index < -0.39 is 0 Å². The Bertz CT molecular complexity index is 802. The molecule has 3 rings (SSSR count). The molecule has 2 aromatic rings. The van der Waals surface area contributed by atoms with Crippen LogP contribution in [0.2, 0.25) is 5.02 Å². The predicted octanol–water partition coefficient (Wildman–Crippen LogP) is 6.56. The lowest BCUT2D eigenvalue weighted by Gasteiger charge is -2.18. The third kappa shape index (κ3) is 5.29. The predicted molar refractivity (Wildman–Crippen MR) is 117 cm³/mol. The van der Waals surface area contributed by atoms with Gasteiger partial charge in [-0.2, -0.15) is 0 Å². The van der Waals surface area contributed by atoms with Crippen LogP contribution in [-0.4, -0.2) is 18.9 Å². The van der Waals surface area contributed by atoms with Crippen molar-refractivity contribution in [2.75, 3.05) is 13.2 Å². The van der Waals surface area contributed by atoms with Gasteiger partial charge in [0.05, 0.1) is 24.8 Å². The van der Waals surface area contributed by atoms with Crippen molar-refractivity contribution in [3.8, 4) is 11.5 Å². The Labute approximate surface area is 173 Å². The maximum atomic E-state index is 6.54. The van der Waals surface area contributed by atoms with Crippen LogP contribution in [0.5, 0.6) is 11.5 Å². The SMILES string of the molecule is CCCCOc1cc2c(cc1Cl)/C(=N/Cc1ccccc1)C[C@H](C(C)C)CO2. The molecule has 3 nitrogen and oxygen atoms in total. The van der Waals surface area contributed by atoms with E-state index in [0.717, 1.165) is 36.3 Å². The molecule has 0 N–H and O–H groups in total. The van der Waals surface area contributed by atoms with Gasteiger partial charge < -0.3 is 9.47 Å². The lowest BCUT2D eigenvalue weighted by molar-refractivity contribution is 0.218. The molecule has 0 aromatic heterocycles. The molecule has 0 amide bonds. The van der Waals surface area contributed by atoms with Crippen molar-refractivity contribution in [1.29, 1.82) is 0 Å². The second kappa shape index (κ2) is 9.97. The molecule has 0 radical (unpaired) electrons. The van der Waals surface area contributed by atoms with Crippen LogP contribution >= 0.6 is 11.6 Å². The van der Waals surface area contributed by atoms with Gasteiger partial charge in [0.15, 0.2) is 0 Å². The molecule has 28 heavy (non-hydrogen) atoms. The Balaban J connectivity index is 1.92. The van der Waals surface area contributed by atoms with E-state index in [-0.39, 0.29) is 0 Å². The van der Waals surface area contributed by atoms with E-state index in [9.17, 15) is 0 Å². The van der Waals surface area contributed by atoms with E-state index in [0.29, 0.717) is 42.4 Å². The highest BCUT2D eigenvalue weighted by molar-refractivity contribution is 6.32. The molecule has 0 bridgehead atoms. The van der Waals surface area contributed by atoms with E-state index in [2.05, 4.69) is 32.9 Å². The van der Waals surface area contributed by atoms with Crippen molar-refractivity contribution < 1.29 is 9.47 Å². The summed E-state index contributed by atoms with van der Waals surface area (Å²) in [6, 6.07) is 14.2. The van der Waals surface area contributed by atoms with E-state index >= 15 is 0 Å². The van der Waals surface area contributed by atoms with Crippen molar-refractivity contribution in [1.82, 2.24) is 0 Å². The minimum Gasteiger partial charge on any atom is -0.492 e. The smallest absolute Gasteiger partial charge is 0.141 e. The highest BCUT2D eigenvalue weighted by Crippen LogP contribution is 2.37. The molecule has 0 spiro atoms. The Morgan fingerprint density at radius 3 is 2.71 bits per heavy atom. The molecule has 0 saturated heterocycles. The first-order chi connectivity index (χ1) is 13.6. The van der Waals surface area contributed by atoms with Crippen molar-refractivity contribution >= 4 is 17.3 Å². The fraction of sp³-hybridized carbons (Fsp3) is 0.458. The standard InChI is InChI=1S/C24H30ClNO2/c1-4-5-11-27-24-14-23-20(13-21(24)25)22(12-19(16-28-23)17(2)3)26-15-18-9-7-6-8-10-18/h6-10,13-14,17,19H,4-5,11-12,15-16H2,1-3H3/b26-22+/t19-/m0/s1. The number of nitrogens with zero attached hydrogens (tertiary/aromatic N) is 1. The van der Waals surface area contributed by atoms with Crippen molar-refractivity contribution in [2.45, 2.75) is 46.6 Å². The van der Waals surface area contributed by atoms with Crippen LogP contribution in [0.4, 0.5) is 0 Å². The Hall–Kier alpha value is -2.00. The van der Waals surface area contributed by atoms with Gasteiger partial charge in [0.25, 0.3) is 0 Å². The van der Waals surface area contributed by atoms with Gasteiger partial charge in [0, 0.05) is 23.3 Å². The van der Waals surface area contributed by atoms with Crippen LogP contribution in [-0.2, 0) is 6.54 Å². The molecule has 0 aliphatic carbocycles. The Kier molecular flexibility index (Phi) is 7.38. The van der Waals surface area contributed by atoms with Gasteiger partial charge in [0.2, 0.25) is 0 Å². The van der Waals surface area contributed by atoms with E-state index in [4.69, 9.17) is 26.1 Å². The number of unbranched alkanes of at least 4 members (excludes halogenated alkanes) is 1. The third-order valence-corrected chi connectivity index (χ3v) is 5.54. The van der Waals surface area contributed by atoms with Gasteiger partial charge in [-0.3, -0.25) is 4.99 Å². The molecule has 1 aliphatic rings. The van der Waals surface area contributed by atoms with E-state index in [1.54, 1.807) is 0 Å². The Morgan fingerprint density at radius 2 is 2.00 bits per heavy atom. The zero-order valence-electron chi connectivity index (χ0n) is 17.1. The lowest BCUT2D eigenvalue weighted by Crippen LogP contribution is -2.18. The Morgan fingerprint density at radius 1 is 1.21 bits per heavy atom. The molecule has 1 atom stereocenters. The summed E-state index contributed by atoms with van der Waals surface area (Å²) < 4.78 is 12.1. The summed E-state index contributed by atoms with van der Waals surface area (Å²) in [7, 11) is 0. The highest BCUT2D eigenvalue weighted by Gasteiger charge is 2.26. The average Bonchev–Trinajstić information content (AvgIpc) is 2.87. The third-order valence-electron chi connectivity index (χ3n) is 5.25. The van der Waals surface area contributed by atoms with Gasteiger partial charge in [-0.05, 0) is 30.4 Å². The van der Waals surface area contributed by atoms with Gasteiger partial charge in [-0.15, -0.1) is 0 Å². The van der Waals surface area contributed by atoms with E-state index in [1.165, 1.54) is 5.56 Å². The van der Waals surface area contributed by atoms with Crippen molar-refractivity contribution in [3.05, 3.63) is 58.6 Å². The molecule has 2 aromatic carbocycles. The molecule has 0 saturated carbocycles. The molecule has 0 unspecified atom stereocenters. The van der Waals surface area contributed by atoms with Gasteiger partial charge in [-0.25, -0.2) is 0 Å². The zero-order chi connectivity index (χ0) is 19.9. The fourth-order valence-corrected chi connectivity index (χ4v) is 3.50. The highest BCUT2D eigenvalue weighted by atomic mass is 35.5. The number of halogens is 1. The number of hydrogen-bond donors (Lipinski definition) is 0. The maximum absolute atomic E-state index is 6.54. The topological polar surface area (TPSA) is 30.8 Å². The number of benzene rings is 2. The van der Waals surface area contributed by atoms with Gasteiger partial charge in [-0.1, -0.05) is 69.1 Å². The minimum atomic E-state index is 0.421. The van der Waals surface area contributed by atoms with Crippen LogP contribution in [0.1, 0.15) is 51.2 Å². The summed E-state index contributed by atoms with van der Waals surface area (Å²) in [5.74, 6) is 2.46. The zero-order valence-corrected chi connectivity index (χ0v) is 17.8. The average molecular weight is 400 g/mol. The number of hydrogen-bond acceptors (Lipinski definition) is 3. The summed E-state index contributed by atoms with van der Waals surface area (Å²) in [5, 5.41) is 0.619. The van der Waals surface area contributed by atoms with Crippen LogP contribution < -0.4 is 9.47 Å². The molecule has 1 heterocycles. The second-order valence-electron chi connectivity index (χ2n) is 7.75. The largest absolute Gasteiger partial charge is 0.492 e. The molecule has 0 fully saturated rings. The molecule has 1 aliphatic heterocycles. The number of fused-ring (bicyclic) bond motifs is 1. The van der Waals surface area contributed by atoms with E-state index in [1.807, 2.05) is 30.3 Å². The summed E-state index contributed by atoms with van der Waals surface area (Å²) in [6.07, 6.45) is 2.99. The number of rotatable bonds is 7. The second-order valence-corrected chi connectivity index (χ2v) is 8.16. The summed E-state index contributed by atoms with van der Waals surface area (Å²) in [4.78, 5) is 4.97. The molecule has 4 heteroatoms.